The van der Waals surface area contributed by atoms with Crippen LogP contribution in [-0.4, -0.2) is 35.1 Å². The van der Waals surface area contributed by atoms with Gasteiger partial charge in [-0.15, -0.1) is 0 Å². The van der Waals surface area contributed by atoms with E-state index in [-0.39, 0.29) is 17.3 Å². The molecule has 0 bridgehead atoms. The van der Waals surface area contributed by atoms with Gasteiger partial charge in [0.2, 0.25) is 15.9 Å². The Kier molecular flexibility index (Phi) is 6.44. The summed E-state index contributed by atoms with van der Waals surface area (Å²) in [6.07, 6.45) is 2.44. The molecule has 0 saturated carbocycles. The van der Waals surface area contributed by atoms with Crippen LogP contribution in [0.2, 0.25) is 0 Å². The van der Waals surface area contributed by atoms with E-state index in [1.807, 2.05) is 24.3 Å². The van der Waals surface area contributed by atoms with E-state index in [1.54, 1.807) is 17.9 Å². The van der Waals surface area contributed by atoms with E-state index in [4.69, 9.17) is 9.47 Å². The number of amides is 1. The lowest BCUT2D eigenvalue weighted by molar-refractivity contribution is -0.119. The lowest BCUT2D eigenvalue weighted by Crippen LogP contribution is -2.35. The maximum atomic E-state index is 12.9. The zero-order chi connectivity index (χ0) is 21.0. The Morgan fingerprint density at radius 3 is 2.48 bits per heavy atom. The lowest BCUT2D eigenvalue weighted by atomic mass is 10.1. The normalized spacial score (nSPS) is 14.7. The van der Waals surface area contributed by atoms with Gasteiger partial charge in [-0.25, -0.2) is 13.1 Å². The Bertz CT molecular complexity index is 1000. The highest BCUT2D eigenvalue weighted by Gasteiger charge is 2.22. The van der Waals surface area contributed by atoms with Crippen LogP contribution < -0.4 is 19.1 Å². The average Bonchev–Trinajstić information content (AvgIpc) is 2.72. The number of aryl methyl sites for hydroxylation is 1. The molecule has 156 valence electrons. The summed E-state index contributed by atoms with van der Waals surface area (Å²) in [6, 6.07) is 10.5. The van der Waals surface area contributed by atoms with Gasteiger partial charge in [-0.05, 0) is 49.1 Å². The van der Waals surface area contributed by atoms with Crippen molar-refractivity contribution >= 4 is 21.6 Å². The zero-order valence-electron chi connectivity index (χ0n) is 16.9. The largest absolute Gasteiger partial charge is 0.493 e. The maximum absolute atomic E-state index is 12.9. The SMILES string of the molecule is COc1cc(C)c(S(=O)(=O)NCc2cccc(N3CCCCC3=O)c2)cc1OC. The third kappa shape index (κ3) is 4.71. The van der Waals surface area contributed by atoms with Crippen molar-refractivity contribution in [2.45, 2.75) is 37.6 Å². The number of anilines is 1. The molecule has 0 spiro atoms. The van der Waals surface area contributed by atoms with E-state index in [0.717, 1.165) is 24.1 Å². The second kappa shape index (κ2) is 8.84. The second-order valence-corrected chi connectivity index (χ2v) is 8.70. The quantitative estimate of drug-likeness (QED) is 0.747. The first-order valence-electron chi connectivity index (χ1n) is 9.47. The number of nitrogens with one attached hydrogen (secondary N) is 1. The molecule has 1 saturated heterocycles. The van der Waals surface area contributed by atoms with Crippen LogP contribution >= 0.6 is 0 Å². The molecule has 1 amide bonds. The third-order valence-electron chi connectivity index (χ3n) is 4.98. The van der Waals surface area contributed by atoms with E-state index >= 15 is 0 Å². The molecule has 2 aromatic rings. The summed E-state index contributed by atoms with van der Waals surface area (Å²) in [5.41, 5.74) is 2.14. The van der Waals surface area contributed by atoms with E-state index in [2.05, 4.69) is 4.72 Å². The fourth-order valence-electron chi connectivity index (χ4n) is 3.42. The second-order valence-electron chi connectivity index (χ2n) is 6.97. The van der Waals surface area contributed by atoms with E-state index < -0.39 is 10.0 Å². The third-order valence-corrected chi connectivity index (χ3v) is 6.53. The molecular formula is C21H26N2O5S. The number of rotatable bonds is 7. The number of carbonyl (C=O) groups is 1. The van der Waals surface area contributed by atoms with E-state index in [1.165, 1.54) is 20.3 Å². The van der Waals surface area contributed by atoms with Crippen LogP contribution in [0.1, 0.15) is 30.4 Å². The number of benzene rings is 2. The monoisotopic (exact) mass is 418 g/mol. The molecule has 0 radical (unpaired) electrons. The molecule has 7 nitrogen and oxygen atoms in total. The number of hydrogen-bond acceptors (Lipinski definition) is 5. The van der Waals surface area contributed by atoms with Crippen LogP contribution in [0, 0.1) is 6.92 Å². The van der Waals surface area contributed by atoms with Crippen LogP contribution in [0.5, 0.6) is 11.5 Å². The fourth-order valence-corrected chi connectivity index (χ4v) is 4.68. The lowest BCUT2D eigenvalue weighted by Gasteiger charge is -2.27. The highest BCUT2D eigenvalue weighted by atomic mass is 32.2. The molecule has 0 unspecified atom stereocenters. The number of nitrogens with zero attached hydrogens (tertiary/aromatic N) is 1. The highest BCUT2D eigenvalue weighted by Crippen LogP contribution is 2.32. The zero-order valence-corrected chi connectivity index (χ0v) is 17.7. The Morgan fingerprint density at radius 2 is 1.79 bits per heavy atom. The molecule has 1 aliphatic heterocycles. The standard InChI is InChI=1S/C21H26N2O5S/c1-15-11-18(27-2)19(28-3)13-20(15)29(25,26)22-14-16-7-6-8-17(12-16)23-10-5-4-9-21(23)24/h6-8,11-13,22H,4-5,9-10,14H2,1-3H3. The number of carbonyl (C=O) groups excluding carboxylic acids is 1. The highest BCUT2D eigenvalue weighted by molar-refractivity contribution is 7.89. The van der Waals surface area contributed by atoms with Crippen molar-refractivity contribution in [1.82, 2.24) is 4.72 Å². The molecule has 29 heavy (non-hydrogen) atoms. The number of hydrogen-bond donors (Lipinski definition) is 1. The van der Waals surface area contributed by atoms with Crippen molar-refractivity contribution in [3.8, 4) is 11.5 Å². The molecule has 8 heteroatoms. The first-order chi connectivity index (χ1) is 13.9. The molecule has 1 fully saturated rings. The minimum absolute atomic E-state index is 0.106. The molecule has 1 heterocycles. The molecule has 3 rings (SSSR count). The van der Waals surface area contributed by atoms with Crippen LogP contribution in [0.15, 0.2) is 41.3 Å². The van der Waals surface area contributed by atoms with Crippen LogP contribution in [0.25, 0.3) is 0 Å². The van der Waals surface area contributed by atoms with Gasteiger partial charge in [0.15, 0.2) is 11.5 Å². The Hall–Kier alpha value is -2.58. The maximum Gasteiger partial charge on any atom is 0.241 e. The Labute approximate surface area is 171 Å². The molecule has 0 aliphatic carbocycles. The van der Waals surface area contributed by atoms with Crippen molar-refractivity contribution in [1.29, 1.82) is 0 Å². The summed E-state index contributed by atoms with van der Waals surface area (Å²) in [5, 5.41) is 0. The molecule has 0 atom stereocenters. The summed E-state index contributed by atoms with van der Waals surface area (Å²) < 4.78 is 38.8. The molecular weight excluding hydrogens is 392 g/mol. The topological polar surface area (TPSA) is 84.9 Å². The minimum Gasteiger partial charge on any atom is -0.493 e. The Balaban J connectivity index is 1.79. The van der Waals surface area contributed by atoms with Crippen molar-refractivity contribution in [3.05, 3.63) is 47.5 Å². The predicted octanol–water partition coefficient (Wildman–Crippen LogP) is 3.01. The van der Waals surface area contributed by atoms with Crippen LogP contribution in [0.3, 0.4) is 0 Å². The van der Waals surface area contributed by atoms with Crippen molar-refractivity contribution in [2.75, 3.05) is 25.7 Å². The smallest absolute Gasteiger partial charge is 0.241 e. The van der Waals surface area contributed by atoms with Crippen molar-refractivity contribution < 1.29 is 22.7 Å². The van der Waals surface area contributed by atoms with Gasteiger partial charge in [-0.3, -0.25) is 4.79 Å². The van der Waals surface area contributed by atoms with Gasteiger partial charge >= 0.3 is 0 Å². The van der Waals surface area contributed by atoms with Crippen molar-refractivity contribution in [3.63, 3.8) is 0 Å². The molecule has 1 N–H and O–H groups in total. The molecule has 0 aromatic heterocycles. The Morgan fingerprint density at radius 1 is 1.07 bits per heavy atom. The summed E-state index contributed by atoms with van der Waals surface area (Å²) in [6.45, 7) is 2.52. The number of ether oxygens (including phenoxy) is 2. The van der Waals surface area contributed by atoms with E-state index in [0.29, 0.717) is 30.0 Å². The summed E-state index contributed by atoms with van der Waals surface area (Å²) in [4.78, 5) is 14.1. The fraction of sp³-hybridized carbons (Fsp3) is 0.381. The first-order valence-corrected chi connectivity index (χ1v) is 11.0. The number of sulfonamides is 1. The predicted molar refractivity (Wildman–Crippen MR) is 111 cm³/mol. The van der Waals surface area contributed by atoms with Crippen molar-refractivity contribution in [2.24, 2.45) is 0 Å². The number of methoxy groups -OCH3 is 2. The minimum atomic E-state index is -3.76. The van der Waals surface area contributed by atoms with Crippen LogP contribution in [-0.2, 0) is 21.4 Å². The van der Waals surface area contributed by atoms with Gasteiger partial charge in [0, 0.05) is 31.3 Å². The van der Waals surface area contributed by atoms with Crippen LogP contribution in [0.4, 0.5) is 5.69 Å². The molecule has 2 aromatic carbocycles. The van der Waals surface area contributed by atoms with Gasteiger partial charge < -0.3 is 14.4 Å². The van der Waals surface area contributed by atoms with Gasteiger partial charge in [0.1, 0.15) is 0 Å². The number of piperidine rings is 1. The summed E-state index contributed by atoms with van der Waals surface area (Å²) in [5.74, 6) is 0.932. The van der Waals surface area contributed by atoms with E-state index in [9.17, 15) is 13.2 Å². The van der Waals surface area contributed by atoms with Gasteiger partial charge in [-0.1, -0.05) is 12.1 Å². The summed E-state index contributed by atoms with van der Waals surface area (Å²) in [7, 11) is -0.795. The first kappa shape index (κ1) is 21.1. The average molecular weight is 419 g/mol. The van der Waals surface area contributed by atoms with Gasteiger partial charge in [-0.2, -0.15) is 0 Å². The van der Waals surface area contributed by atoms with Gasteiger partial charge in [0.25, 0.3) is 0 Å². The van der Waals surface area contributed by atoms with Gasteiger partial charge in [0.05, 0.1) is 19.1 Å². The summed E-state index contributed by atoms with van der Waals surface area (Å²) >= 11 is 0. The molecule has 1 aliphatic rings.